The third-order valence-corrected chi connectivity index (χ3v) is 2.22. The molecule has 0 aliphatic carbocycles. The minimum atomic E-state index is -0.640. The maximum Gasteiger partial charge on any atom is 0.137 e. The highest BCUT2D eigenvalue weighted by molar-refractivity contribution is 5.25. The third kappa shape index (κ3) is 5.15. The predicted octanol–water partition coefficient (Wildman–Crippen LogP) is 2.33. The van der Waals surface area contributed by atoms with Crippen LogP contribution >= 0.6 is 0 Å². The van der Waals surface area contributed by atoms with Crippen LogP contribution in [0.4, 0.5) is 0 Å². The molecule has 0 aliphatic heterocycles. The summed E-state index contributed by atoms with van der Waals surface area (Å²) in [6.45, 7) is 5.70. The van der Waals surface area contributed by atoms with Gasteiger partial charge in [-0.15, -0.1) is 0 Å². The molecule has 0 fully saturated rings. The predicted molar refractivity (Wildman–Crippen MR) is 66.1 cm³/mol. The maximum absolute atomic E-state index is 9.88. The SMILES string of the molecule is CCCOCC(O)c1cncc(OCCC)c1. The lowest BCUT2D eigenvalue weighted by molar-refractivity contribution is 0.0361. The lowest BCUT2D eigenvalue weighted by Crippen LogP contribution is -2.08. The van der Waals surface area contributed by atoms with Gasteiger partial charge in [0.2, 0.25) is 0 Å². The van der Waals surface area contributed by atoms with Gasteiger partial charge < -0.3 is 14.6 Å². The monoisotopic (exact) mass is 239 g/mol. The van der Waals surface area contributed by atoms with Crippen LogP contribution in [0.25, 0.3) is 0 Å². The summed E-state index contributed by atoms with van der Waals surface area (Å²) in [7, 11) is 0. The second-order valence-electron chi connectivity index (χ2n) is 3.89. The Bertz CT molecular complexity index is 317. The summed E-state index contributed by atoms with van der Waals surface area (Å²) >= 11 is 0. The molecule has 0 saturated heterocycles. The largest absolute Gasteiger partial charge is 0.492 e. The van der Waals surface area contributed by atoms with E-state index in [-0.39, 0.29) is 0 Å². The molecule has 0 radical (unpaired) electrons. The lowest BCUT2D eigenvalue weighted by Gasteiger charge is -2.12. The molecule has 1 aromatic rings. The van der Waals surface area contributed by atoms with Crippen molar-refractivity contribution in [2.45, 2.75) is 32.8 Å². The van der Waals surface area contributed by atoms with E-state index in [1.54, 1.807) is 12.4 Å². The Morgan fingerprint density at radius 3 is 2.71 bits per heavy atom. The van der Waals surface area contributed by atoms with Crippen molar-refractivity contribution in [2.24, 2.45) is 0 Å². The van der Waals surface area contributed by atoms with Crippen LogP contribution in [0.5, 0.6) is 5.75 Å². The van der Waals surface area contributed by atoms with Crippen molar-refractivity contribution >= 4 is 0 Å². The molecule has 96 valence electrons. The Hall–Kier alpha value is -1.13. The Balaban J connectivity index is 2.51. The number of pyridine rings is 1. The first kappa shape index (κ1) is 13.9. The summed E-state index contributed by atoms with van der Waals surface area (Å²) in [6, 6.07) is 1.81. The van der Waals surface area contributed by atoms with Crippen LogP contribution in [0.15, 0.2) is 18.5 Å². The van der Waals surface area contributed by atoms with Crippen LogP contribution in [0, 0.1) is 0 Å². The van der Waals surface area contributed by atoms with E-state index in [1.807, 2.05) is 19.9 Å². The van der Waals surface area contributed by atoms with Crippen LogP contribution in [-0.2, 0) is 4.74 Å². The first-order valence-electron chi connectivity index (χ1n) is 6.11. The van der Waals surface area contributed by atoms with E-state index in [1.165, 1.54) is 0 Å². The molecule has 0 aliphatic rings. The van der Waals surface area contributed by atoms with Gasteiger partial charge in [-0.2, -0.15) is 0 Å². The number of aromatic nitrogens is 1. The average molecular weight is 239 g/mol. The fourth-order valence-electron chi connectivity index (χ4n) is 1.35. The van der Waals surface area contributed by atoms with Gasteiger partial charge in [0, 0.05) is 18.4 Å². The van der Waals surface area contributed by atoms with Crippen molar-refractivity contribution in [3.63, 3.8) is 0 Å². The molecule has 0 aromatic carbocycles. The van der Waals surface area contributed by atoms with E-state index in [9.17, 15) is 5.11 Å². The Morgan fingerprint density at radius 1 is 1.24 bits per heavy atom. The van der Waals surface area contributed by atoms with Crippen molar-refractivity contribution < 1.29 is 14.6 Å². The summed E-state index contributed by atoms with van der Waals surface area (Å²) in [5, 5.41) is 9.88. The van der Waals surface area contributed by atoms with Crippen molar-refractivity contribution in [1.29, 1.82) is 0 Å². The summed E-state index contributed by atoms with van der Waals surface area (Å²) in [5.41, 5.74) is 0.731. The number of ether oxygens (including phenoxy) is 2. The first-order chi connectivity index (χ1) is 8.27. The molecule has 17 heavy (non-hydrogen) atoms. The zero-order chi connectivity index (χ0) is 12.5. The summed E-state index contributed by atoms with van der Waals surface area (Å²) in [6.07, 6.45) is 4.55. The number of aliphatic hydroxyl groups is 1. The van der Waals surface area contributed by atoms with E-state index in [4.69, 9.17) is 9.47 Å². The smallest absolute Gasteiger partial charge is 0.137 e. The van der Waals surface area contributed by atoms with Gasteiger partial charge in [-0.05, 0) is 18.9 Å². The fraction of sp³-hybridized carbons (Fsp3) is 0.615. The molecular formula is C13H21NO3. The number of aliphatic hydroxyl groups excluding tert-OH is 1. The van der Waals surface area contributed by atoms with Crippen molar-refractivity contribution in [1.82, 2.24) is 4.98 Å². The molecule has 0 bridgehead atoms. The molecule has 0 spiro atoms. The Labute approximate surface area is 103 Å². The molecule has 1 rings (SSSR count). The van der Waals surface area contributed by atoms with Crippen LogP contribution in [0.3, 0.4) is 0 Å². The number of nitrogens with zero attached hydrogens (tertiary/aromatic N) is 1. The van der Waals surface area contributed by atoms with E-state index < -0.39 is 6.10 Å². The van der Waals surface area contributed by atoms with Crippen LogP contribution in [0.2, 0.25) is 0 Å². The molecular weight excluding hydrogens is 218 g/mol. The lowest BCUT2D eigenvalue weighted by atomic mass is 10.2. The highest BCUT2D eigenvalue weighted by atomic mass is 16.5. The van der Waals surface area contributed by atoms with Gasteiger partial charge in [-0.25, -0.2) is 0 Å². The highest BCUT2D eigenvalue weighted by Crippen LogP contribution is 2.18. The second-order valence-corrected chi connectivity index (χ2v) is 3.89. The third-order valence-electron chi connectivity index (χ3n) is 2.22. The van der Waals surface area contributed by atoms with Crippen molar-refractivity contribution in [3.8, 4) is 5.75 Å². The van der Waals surface area contributed by atoms with Gasteiger partial charge >= 0.3 is 0 Å². The highest BCUT2D eigenvalue weighted by Gasteiger charge is 2.09. The summed E-state index contributed by atoms with van der Waals surface area (Å²) < 4.78 is 10.8. The zero-order valence-corrected chi connectivity index (χ0v) is 10.6. The normalized spacial score (nSPS) is 12.4. The van der Waals surface area contributed by atoms with Crippen LogP contribution in [0.1, 0.15) is 38.4 Å². The van der Waals surface area contributed by atoms with Crippen LogP contribution in [-0.4, -0.2) is 29.9 Å². The number of hydrogen-bond acceptors (Lipinski definition) is 4. The summed E-state index contributed by atoms with van der Waals surface area (Å²) in [5.74, 6) is 0.693. The molecule has 1 heterocycles. The molecule has 1 N–H and O–H groups in total. The van der Waals surface area contributed by atoms with Gasteiger partial charge in [-0.1, -0.05) is 13.8 Å². The van der Waals surface area contributed by atoms with E-state index in [2.05, 4.69) is 4.98 Å². The van der Waals surface area contributed by atoms with Crippen molar-refractivity contribution in [3.05, 3.63) is 24.0 Å². The van der Waals surface area contributed by atoms with Gasteiger partial charge in [0.25, 0.3) is 0 Å². The van der Waals surface area contributed by atoms with Gasteiger partial charge in [0.05, 0.1) is 19.4 Å². The molecule has 1 atom stereocenters. The molecule has 0 saturated carbocycles. The Kier molecular flexibility index (Phi) is 6.58. The van der Waals surface area contributed by atoms with Gasteiger partial charge in [0.15, 0.2) is 0 Å². The molecule has 4 heteroatoms. The Morgan fingerprint density at radius 2 is 2.00 bits per heavy atom. The minimum absolute atomic E-state index is 0.298. The maximum atomic E-state index is 9.88. The second kappa shape index (κ2) is 8.03. The van der Waals surface area contributed by atoms with E-state index in [0.717, 1.165) is 18.4 Å². The topological polar surface area (TPSA) is 51.6 Å². The minimum Gasteiger partial charge on any atom is -0.492 e. The van der Waals surface area contributed by atoms with E-state index in [0.29, 0.717) is 25.6 Å². The molecule has 1 unspecified atom stereocenters. The molecule has 0 amide bonds. The molecule has 1 aromatic heterocycles. The fourth-order valence-corrected chi connectivity index (χ4v) is 1.35. The summed E-state index contributed by atoms with van der Waals surface area (Å²) in [4.78, 5) is 4.05. The van der Waals surface area contributed by atoms with Crippen molar-refractivity contribution in [2.75, 3.05) is 19.8 Å². The van der Waals surface area contributed by atoms with Gasteiger partial charge in [0.1, 0.15) is 11.9 Å². The van der Waals surface area contributed by atoms with E-state index >= 15 is 0 Å². The zero-order valence-electron chi connectivity index (χ0n) is 10.6. The standard InChI is InChI=1S/C13H21NO3/c1-3-5-16-10-13(15)11-7-12(9-14-8-11)17-6-4-2/h7-9,13,15H,3-6,10H2,1-2H3. The average Bonchev–Trinajstić information content (AvgIpc) is 2.37. The van der Waals surface area contributed by atoms with Gasteiger partial charge in [-0.3, -0.25) is 4.98 Å². The van der Waals surface area contributed by atoms with Crippen LogP contribution < -0.4 is 4.74 Å². The molecule has 4 nitrogen and oxygen atoms in total. The first-order valence-corrected chi connectivity index (χ1v) is 6.11. The number of hydrogen-bond donors (Lipinski definition) is 1. The quantitative estimate of drug-likeness (QED) is 0.707. The number of rotatable bonds is 8.